The summed E-state index contributed by atoms with van der Waals surface area (Å²) in [6, 6.07) is -0.779. The van der Waals surface area contributed by atoms with E-state index in [-0.39, 0.29) is 6.54 Å². The molecule has 18 heavy (non-hydrogen) atoms. The van der Waals surface area contributed by atoms with E-state index in [1.807, 2.05) is 0 Å². The molecule has 0 aromatic rings. The van der Waals surface area contributed by atoms with Gasteiger partial charge in [0.25, 0.3) is 0 Å². The maximum absolute atomic E-state index is 12.1. The first-order valence-electron chi connectivity index (χ1n) is 5.50. The van der Waals surface area contributed by atoms with Crippen LogP contribution in [0.3, 0.4) is 0 Å². The Morgan fingerprint density at radius 2 is 2.06 bits per heavy atom. The molecule has 1 fully saturated rings. The van der Waals surface area contributed by atoms with Crippen LogP contribution >= 0.6 is 0 Å². The second-order valence-corrected chi connectivity index (χ2v) is 4.38. The molecule has 0 spiro atoms. The third-order valence-electron chi connectivity index (χ3n) is 2.78. The van der Waals surface area contributed by atoms with Crippen molar-refractivity contribution in [2.75, 3.05) is 26.7 Å². The number of rotatable bonds is 2. The Labute approximate surface area is 102 Å². The van der Waals surface area contributed by atoms with Gasteiger partial charge in [0.15, 0.2) is 0 Å². The third kappa shape index (κ3) is 4.08. The molecule has 0 bridgehead atoms. The first-order chi connectivity index (χ1) is 8.20. The van der Waals surface area contributed by atoms with Gasteiger partial charge in [-0.15, -0.1) is 0 Å². The van der Waals surface area contributed by atoms with Crippen molar-refractivity contribution in [1.29, 1.82) is 0 Å². The van der Waals surface area contributed by atoms with Crippen molar-refractivity contribution in [3.63, 3.8) is 0 Å². The number of amides is 2. The van der Waals surface area contributed by atoms with E-state index in [2.05, 4.69) is 0 Å². The highest BCUT2D eigenvalue weighted by molar-refractivity contribution is 5.76. The van der Waals surface area contributed by atoms with Gasteiger partial charge in [0.2, 0.25) is 0 Å². The van der Waals surface area contributed by atoms with E-state index in [1.54, 1.807) is 0 Å². The maximum atomic E-state index is 12.1. The number of nitrogens with zero attached hydrogens (tertiary/aromatic N) is 2. The second-order valence-electron chi connectivity index (χ2n) is 4.38. The lowest BCUT2D eigenvalue weighted by Crippen LogP contribution is -2.49. The lowest BCUT2D eigenvalue weighted by atomic mass is 9.99. The van der Waals surface area contributed by atoms with Crippen molar-refractivity contribution < 1.29 is 27.9 Å². The minimum absolute atomic E-state index is 0.0314. The predicted molar refractivity (Wildman–Crippen MR) is 56.0 cm³/mol. The van der Waals surface area contributed by atoms with Crippen LogP contribution in [-0.4, -0.2) is 59.8 Å². The molecule has 0 aliphatic carbocycles. The van der Waals surface area contributed by atoms with Crippen LogP contribution in [-0.2, 0) is 4.79 Å². The van der Waals surface area contributed by atoms with E-state index in [9.17, 15) is 22.8 Å². The van der Waals surface area contributed by atoms with Crippen molar-refractivity contribution in [3.05, 3.63) is 0 Å². The van der Waals surface area contributed by atoms with Crippen molar-refractivity contribution in [2.24, 2.45) is 5.92 Å². The number of urea groups is 1. The van der Waals surface area contributed by atoms with Gasteiger partial charge in [-0.2, -0.15) is 13.2 Å². The molecule has 1 saturated heterocycles. The third-order valence-corrected chi connectivity index (χ3v) is 2.78. The number of hydrogen-bond donors (Lipinski definition) is 1. The smallest absolute Gasteiger partial charge is 0.406 e. The van der Waals surface area contributed by atoms with Crippen molar-refractivity contribution in [1.82, 2.24) is 9.80 Å². The Morgan fingerprint density at radius 3 is 2.56 bits per heavy atom. The molecule has 104 valence electrons. The van der Waals surface area contributed by atoms with Crippen LogP contribution in [0.15, 0.2) is 0 Å². The summed E-state index contributed by atoms with van der Waals surface area (Å²) in [7, 11) is 1.06. The van der Waals surface area contributed by atoms with Gasteiger partial charge in [-0.3, -0.25) is 4.79 Å². The Bertz CT molecular complexity index is 333. The van der Waals surface area contributed by atoms with Gasteiger partial charge in [-0.25, -0.2) is 4.79 Å². The van der Waals surface area contributed by atoms with Crippen LogP contribution in [0.4, 0.5) is 18.0 Å². The van der Waals surface area contributed by atoms with Gasteiger partial charge in [0, 0.05) is 20.1 Å². The van der Waals surface area contributed by atoms with Gasteiger partial charge >= 0.3 is 18.2 Å². The summed E-state index contributed by atoms with van der Waals surface area (Å²) in [6.45, 7) is -1.07. The standard InChI is InChI=1S/C10H15F3N2O3/c1-14(6-10(11,12)13)9(18)15-4-2-3-7(5-15)8(16)17/h7H,2-6H2,1H3,(H,16,17). The van der Waals surface area contributed by atoms with E-state index < -0.39 is 30.6 Å². The van der Waals surface area contributed by atoms with Gasteiger partial charge in [0.1, 0.15) is 6.54 Å². The molecule has 1 heterocycles. The topological polar surface area (TPSA) is 60.9 Å². The molecule has 0 radical (unpaired) electrons. The van der Waals surface area contributed by atoms with E-state index in [1.165, 1.54) is 0 Å². The lowest BCUT2D eigenvalue weighted by Gasteiger charge is -2.33. The van der Waals surface area contributed by atoms with Crippen LogP contribution in [0.1, 0.15) is 12.8 Å². The highest BCUT2D eigenvalue weighted by atomic mass is 19.4. The largest absolute Gasteiger partial charge is 0.481 e. The molecule has 1 aliphatic rings. The number of piperidine rings is 1. The Morgan fingerprint density at radius 1 is 1.44 bits per heavy atom. The van der Waals surface area contributed by atoms with E-state index >= 15 is 0 Å². The second kappa shape index (κ2) is 5.45. The summed E-state index contributed by atoms with van der Waals surface area (Å²) >= 11 is 0. The quantitative estimate of drug-likeness (QED) is 0.823. The van der Waals surface area contributed by atoms with Gasteiger partial charge in [0.05, 0.1) is 5.92 Å². The van der Waals surface area contributed by atoms with Crippen LogP contribution < -0.4 is 0 Å². The number of halogens is 3. The zero-order valence-electron chi connectivity index (χ0n) is 9.90. The number of carbonyl (C=O) groups is 2. The van der Waals surface area contributed by atoms with E-state index in [0.717, 1.165) is 11.9 Å². The average molecular weight is 268 g/mol. The molecular formula is C10H15F3N2O3. The van der Waals surface area contributed by atoms with Gasteiger partial charge in [-0.1, -0.05) is 0 Å². The molecule has 1 rings (SSSR count). The first-order valence-corrected chi connectivity index (χ1v) is 5.50. The predicted octanol–water partition coefficient (Wildman–Crippen LogP) is 1.40. The van der Waals surface area contributed by atoms with E-state index in [0.29, 0.717) is 24.3 Å². The monoisotopic (exact) mass is 268 g/mol. The first kappa shape index (κ1) is 14.6. The Balaban J connectivity index is 2.58. The van der Waals surface area contributed by atoms with E-state index in [4.69, 9.17) is 5.11 Å². The zero-order valence-corrected chi connectivity index (χ0v) is 9.90. The van der Waals surface area contributed by atoms with Crippen LogP contribution in [0.5, 0.6) is 0 Å². The highest BCUT2D eigenvalue weighted by Crippen LogP contribution is 2.20. The fourth-order valence-electron chi connectivity index (χ4n) is 1.93. The summed E-state index contributed by atoms with van der Waals surface area (Å²) in [5.74, 6) is -1.71. The number of alkyl halides is 3. The number of aliphatic carboxylic acids is 1. The molecule has 0 aromatic heterocycles. The summed E-state index contributed by atoms with van der Waals surface area (Å²) < 4.78 is 36.4. The summed E-state index contributed by atoms with van der Waals surface area (Å²) in [5, 5.41) is 8.83. The van der Waals surface area contributed by atoms with Crippen molar-refractivity contribution in [2.45, 2.75) is 19.0 Å². The lowest BCUT2D eigenvalue weighted by molar-refractivity contribution is -0.144. The van der Waals surface area contributed by atoms with Crippen molar-refractivity contribution in [3.8, 4) is 0 Å². The number of carbonyl (C=O) groups excluding carboxylic acids is 1. The fourth-order valence-corrected chi connectivity index (χ4v) is 1.93. The number of likely N-dealkylation sites (tertiary alicyclic amines) is 1. The van der Waals surface area contributed by atoms with Crippen LogP contribution in [0.2, 0.25) is 0 Å². The number of hydrogen-bond acceptors (Lipinski definition) is 2. The van der Waals surface area contributed by atoms with Gasteiger partial charge in [-0.05, 0) is 12.8 Å². The Hall–Kier alpha value is -1.47. The molecule has 1 aliphatic heterocycles. The van der Waals surface area contributed by atoms with Gasteiger partial charge < -0.3 is 14.9 Å². The molecule has 2 amide bonds. The van der Waals surface area contributed by atoms with Crippen molar-refractivity contribution >= 4 is 12.0 Å². The Kier molecular flexibility index (Phi) is 4.42. The molecule has 1 N–H and O–H groups in total. The highest BCUT2D eigenvalue weighted by Gasteiger charge is 2.35. The van der Waals surface area contributed by atoms with Crippen LogP contribution in [0, 0.1) is 5.92 Å². The zero-order chi connectivity index (χ0) is 13.9. The summed E-state index contributed by atoms with van der Waals surface area (Å²) in [6.07, 6.45) is -3.52. The maximum Gasteiger partial charge on any atom is 0.406 e. The molecule has 1 unspecified atom stereocenters. The molecule has 0 aromatic carbocycles. The number of carboxylic acid groups (broad SMARTS) is 1. The summed E-state index contributed by atoms with van der Waals surface area (Å²) in [5.41, 5.74) is 0. The molecule has 5 nitrogen and oxygen atoms in total. The molecule has 1 atom stereocenters. The van der Waals surface area contributed by atoms with Crippen LogP contribution in [0.25, 0.3) is 0 Å². The SMILES string of the molecule is CN(CC(F)(F)F)C(=O)N1CCCC(C(=O)O)C1. The minimum Gasteiger partial charge on any atom is -0.481 e. The molecule has 0 saturated carbocycles. The fraction of sp³-hybridized carbons (Fsp3) is 0.800. The molecule has 8 heteroatoms. The molecular weight excluding hydrogens is 253 g/mol. The normalized spacial score (nSPS) is 20.7. The number of carboxylic acids is 1. The average Bonchev–Trinajstić information content (AvgIpc) is 2.26. The minimum atomic E-state index is -4.45. The summed E-state index contributed by atoms with van der Waals surface area (Å²) in [4.78, 5) is 24.2.